The van der Waals surface area contributed by atoms with Crippen LogP contribution in [0.15, 0.2) is 36.4 Å². The number of methoxy groups -OCH3 is 1. The number of ether oxygens (including phenoxy) is 2. The van der Waals surface area contributed by atoms with Crippen molar-refractivity contribution < 1.29 is 19.4 Å². The predicted octanol–water partition coefficient (Wildman–Crippen LogP) is 3.59. The van der Waals surface area contributed by atoms with Crippen LogP contribution in [0.5, 0.6) is 11.5 Å². The van der Waals surface area contributed by atoms with Crippen molar-refractivity contribution in [3.63, 3.8) is 0 Å². The zero-order valence-corrected chi connectivity index (χ0v) is 12.3. The van der Waals surface area contributed by atoms with Crippen LogP contribution in [0.1, 0.15) is 27.0 Å². The SMILES string of the molecule is COc1ccc(C(=O)O)c(OCc2cc(C)cc(C)c2)c1. The molecule has 110 valence electrons. The minimum Gasteiger partial charge on any atom is -0.497 e. The van der Waals surface area contributed by atoms with E-state index in [1.165, 1.54) is 13.2 Å². The summed E-state index contributed by atoms with van der Waals surface area (Å²) in [4.78, 5) is 11.2. The van der Waals surface area contributed by atoms with Gasteiger partial charge in [0.1, 0.15) is 23.7 Å². The van der Waals surface area contributed by atoms with Crippen molar-refractivity contribution in [3.8, 4) is 11.5 Å². The van der Waals surface area contributed by atoms with Crippen LogP contribution in [-0.2, 0) is 6.61 Å². The molecule has 2 aromatic rings. The quantitative estimate of drug-likeness (QED) is 0.912. The molecule has 0 unspecified atom stereocenters. The fourth-order valence-electron chi connectivity index (χ4n) is 2.24. The van der Waals surface area contributed by atoms with Crippen molar-refractivity contribution in [2.45, 2.75) is 20.5 Å². The maximum Gasteiger partial charge on any atom is 0.339 e. The third kappa shape index (κ3) is 3.75. The van der Waals surface area contributed by atoms with Crippen molar-refractivity contribution in [2.24, 2.45) is 0 Å². The highest BCUT2D eigenvalue weighted by atomic mass is 16.5. The standard InChI is InChI=1S/C17H18O4/c1-11-6-12(2)8-13(7-11)10-21-16-9-14(20-3)4-5-15(16)17(18)19/h4-9H,10H2,1-3H3,(H,18,19). The van der Waals surface area contributed by atoms with Crippen LogP contribution in [0.3, 0.4) is 0 Å². The molecule has 4 heteroatoms. The fourth-order valence-corrected chi connectivity index (χ4v) is 2.24. The topological polar surface area (TPSA) is 55.8 Å². The molecule has 1 N–H and O–H groups in total. The van der Waals surface area contributed by atoms with Gasteiger partial charge in [0.15, 0.2) is 0 Å². The molecule has 2 aromatic carbocycles. The van der Waals surface area contributed by atoms with Gasteiger partial charge in [-0.1, -0.05) is 29.3 Å². The summed E-state index contributed by atoms with van der Waals surface area (Å²) in [7, 11) is 1.53. The molecule has 4 nitrogen and oxygen atoms in total. The molecule has 0 heterocycles. The van der Waals surface area contributed by atoms with E-state index in [1.807, 2.05) is 26.0 Å². The van der Waals surface area contributed by atoms with Gasteiger partial charge in [-0.15, -0.1) is 0 Å². The van der Waals surface area contributed by atoms with Crippen molar-refractivity contribution >= 4 is 5.97 Å². The van der Waals surface area contributed by atoms with Gasteiger partial charge in [0, 0.05) is 6.07 Å². The minimum absolute atomic E-state index is 0.125. The Hall–Kier alpha value is -2.49. The van der Waals surface area contributed by atoms with E-state index in [4.69, 9.17) is 9.47 Å². The number of carboxylic acids is 1. The van der Waals surface area contributed by atoms with Crippen molar-refractivity contribution in [1.29, 1.82) is 0 Å². The second-order valence-corrected chi connectivity index (χ2v) is 4.95. The highest BCUT2D eigenvalue weighted by Crippen LogP contribution is 2.26. The van der Waals surface area contributed by atoms with Crippen molar-refractivity contribution in [1.82, 2.24) is 0 Å². The van der Waals surface area contributed by atoms with E-state index >= 15 is 0 Å². The summed E-state index contributed by atoms with van der Waals surface area (Å²) in [5, 5.41) is 9.19. The van der Waals surface area contributed by atoms with Crippen LogP contribution in [0.25, 0.3) is 0 Å². The molecule has 0 aromatic heterocycles. The van der Waals surface area contributed by atoms with Gasteiger partial charge in [-0.05, 0) is 31.5 Å². The first kappa shape index (κ1) is 14.9. The first-order valence-electron chi connectivity index (χ1n) is 6.61. The minimum atomic E-state index is -1.02. The average molecular weight is 286 g/mol. The Morgan fingerprint density at radius 2 is 1.76 bits per heavy atom. The molecule has 2 rings (SSSR count). The third-order valence-corrected chi connectivity index (χ3v) is 3.10. The third-order valence-electron chi connectivity index (χ3n) is 3.10. The molecule has 0 spiro atoms. The largest absolute Gasteiger partial charge is 0.497 e. The highest BCUT2D eigenvalue weighted by Gasteiger charge is 2.12. The number of carboxylic acid groups (broad SMARTS) is 1. The van der Waals surface area contributed by atoms with Crippen LogP contribution in [0.4, 0.5) is 0 Å². The number of carbonyl (C=O) groups is 1. The molecule has 21 heavy (non-hydrogen) atoms. The summed E-state index contributed by atoms with van der Waals surface area (Å²) in [6, 6.07) is 10.8. The summed E-state index contributed by atoms with van der Waals surface area (Å²) in [6.07, 6.45) is 0. The fraction of sp³-hybridized carbons (Fsp3) is 0.235. The van der Waals surface area contributed by atoms with Crippen LogP contribution < -0.4 is 9.47 Å². The zero-order valence-electron chi connectivity index (χ0n) is 12.3. The van der Waals surface area contributed by atoms with E-state index in [0.29, 0.717) is 18.1 Å². The van der Waals surface area contributed by atoms with Gasteiger partial charge in [-0.25, -0.2) is 4.79 Å². The number of rotatable bonds is 5. The van der Waals surface area contributed by atoms with Gasteiger partial charge < -0.3 is 14.6 Å². The number of aryl methyl sites for hydroxylation is 2. The van der Waals surface area contributed by atoms with Crippen molar-refractivity contribution in [3.05, 3.63) is 58.7 Å². The predicted molar refractivity (Wildman–Crippen MR) is 80.2 cm³/mol. The molecular weight excluding hydrogens is 268 g/mol. The number of benzene rings is 2. The lowest BCUT2D eigenvalue weighted by Gasteiger charge is -2.11. The monoisotopic (exact) mass is 286 g/mol. The number of hydrogen-bond donors (Lipinski definition) is 1. The summed E-state index contributed by atoms with van der Waals surface area (Å²) < 4.78 is 10.8. The first-order valence-corrected chi connectivity index (χ1v) is 6.61. The first-order chi connectivity index (χ1) is 9.99. The Bertz CT molecular complexity index is 642. The Labute approximate surface area is 123 Å². The Morgan fingerprint density at radius 3 is 2.33 bits per heavy atom. The highest BCUT2D eigenvalue weighted by molar-refractivity contribution is 5.91. The molecule has 0 saturated carbocycles. The number of hydrogen-bond acceptors (Lipinski definition) is 3. The van der Waals surface area contributed by atoms with E-state index in [1.54, 1.807) is 12.1 Å². The molecule has 0 aliphatic rings. The summed E-state index contributed by atoms with van der Waals surface area (Å²) in [5.74, 6) is -0.149. The summed E-state index contributed by atoms with van der Waals surface area (Å²) in [5.41, 5.74) is 3.43. The molecule has 0 radical (unpaired) electrons. The van der Waals surface area contributed by atoms with Gasteiger partial charge >= 0.3 is 5.97 Å². The van der Waals surface area contributed by atoms with E-state index in [0.717, 1.165) is 16.7 Å². The van der Waals surface area contributed by atoms with Crippen molar-refractivity contribution in [2.75, 3.05) is 7.11 Å². The smallest absolute Gasteiger partial charge is 0.339 e. The molecule has 0 aliphatic heterocycles. The molecule has 0 aliphatic carbocycles. The summed E-state index contributed by atoms with van der Waals surface area (Å²) >= 11 is 0. The van der Waals surface area contributed by atoms with Crippen LogP contribution in [-0.4, -0.2) is 18.2 Å². The van der Waals surface area contributed by atoms with Gasteiger partial charge in [-0.2, -0.15) is 0 Å². The van der Waals surface area contributed by atoms with Gasteiger partial charge in [0.05, 0.1) is 7.11 Å². The maximum absolute atomic E-state index is 11.2. The lowest BCUT2D eigenvalue weighted by Crippen LogP contribution is -2.04. The van der Waals surface area contributed by atoms with E-state index in [-0.39, 0.29) is 5.56 Å². The zero-order chi connectivity index (χ0) is 15.4. The van der Waals surface area contributed by atoms with Crippen LogP contribution >= 0.6 is 0 Å². The lowest BCUT2D eigenvalue weighted by molar-refractivity contribution is 0.0691. The average Bonchev–Trinajstić information content (AvgIpc) is 2.43. The van der Waals surface area contributed by atoms with E-state index < -0.39 is 5.97 Å². The maximum atomic E-state index is 11.2. The molecule has 0 saturated heterocycles. The summed E-state index contributed by atoms with van der Waals surface area (Å²) in [6.45, 7) is 4.35. The van der Waals surface area contributed by atoms with Crippen LogP contribution in [0.2, 0.25) is 0 Å². The second-order valence-electron chi connectivity index (χ2n) is 4.95. The molecular formula is C17H18O4. The van der Waals surface area contributed by atoms with E-state index in [9.17, 15) is 9.90 Å². The van der Waals surface area contributed by atoms with Gasteiger partial charge in [0.2, 0.25) is 0 Å². The lowest BCUT2D eigenvalue weighted by atomic mass is 10.1. The molecule has 0 amide bonds. The Balaban J connectivity index is 2.23. The van der Waals surface area contributed by atoms with Crippen LogP contribution in [0, 0.1) is 13.8 Å². The Morgan fingerprint density at radius 1 is 1.10 bits per heavy atom. The van der Waals surface area contributed by atoms with Gasteiger partial charge in [-0.3, -0.25) is 0 Å². The Kier molecular flexibility index (Phi) is 4.48. The van der Waals surface area contributed by atoms with E-state index in [2.05, 4.69) is 6.07 Å². The molecule has 0 bridgehead atoms. The second kappa shape index (κ2) is 6.31. The normalized spacial score (nSPS) is 10.2. The van der Waals surface area contributed by atoms with Gasteiger partial charge in [0.25, 0.3) is 0 Å². The molecule has 0 atom stereocenters. The molecule has 0 fully saturated rings. The number of aromatic carboxylic acids is 1.